The van der Waals surface area contributed by atoms with Gasteiger partial charge in [0.05, 0.1) is 6.42 Å². The highest BCUT2D eigenvalue weighted by Gasteiger charge is 2.32. The highest BCUT2D eigenvalue weighted by Crippen LogP contribution is 2.35. The van der Waals surface area contributed by atoms with E-state index >= 15 is 0 Å². The second-order valence-electron chi connectivity index (χ2n) is 6.16. The number of aryl methyl sites for hydroxylation is 1. The predicted octanol–water partition coefficient (Wildman–Crippen LogP) is 3.05. The second kappa shape index (κ2) is 5.96. The summed E-state index contributed by atoms with van der Waals surface area (Å²) in [6.45, 7) is 1.74. The first-order chi connectivity index (χ1) is 9.74. The van der Waals surface area contributed by atoms with E-state index in [1.54, 1.807) is 0 Å². The number of carboxylic acid groups (broad SMARTS) is 1. The van der Waals surface area contributed by atoms with Crippen LogP contribution in [0.1, 0.15) is 49.1 Å². The number of rotatable bonds is 6. The molecule has 108 valence electrons. The normalized spacial score (nSPS) is 21.8. The molecule has 3 rings (SSSR count). The van der Waals surface area contributed by atoms with Gasteiger partial charge in [-0.1, -0.05) is 24.3 Å². The summed E-state index contributed by atoms with van der Waals surface area (Å²) in [5.74, 6) is -0.0889. The molecule has 1 aromatic carbocycles. The fourth-order valence-electron chi connectivity index (χ4n) is 3.43. The maximum absolute atomic E-state index is 10.8. The topological polar surface area (TPSA) is 40.5 Å². The lowest BCUT2D eigenvalue weighted by molar-refractivity contribution is -0.137. The van der Waals surface area contributed by atoms with E-state index in [-0.39, 0.29) is 6.42 Å². The molecule has 0 radical (unpaired) electrons. The Morgan fingerprint density at radius 2 is 2.05 bits per heavy atom. The van der Waals surface area contributed by atoms with Crippen LogP contribution in [0, 0.1) is 0 Å². The van der Waals surface area contributed by atoms with Crippen LogP contribution < -0.4 is 0 Å². The zero-order valence-corrected chi connectivity index (χ0v) is 11.9. The van der Waals surface area contributed by atoms with Gasteiger partial charge in [0.1, 0.15) is 0 Å². The second-order valence-corrected chi connectivity index (χ2v) is 6.16. The van der Waals surface area contributed by atoms with Crippen LogP contribution in [-0.2, 0) is 11.2 Å². The number of hydrogen-bond acceptors (Lipinski definition) is 2. The third-order valence-electron chi connectivity index (χ3n) is 4.62. The molecule has 1 atom stereocenters. The summed E-state index contributed by atoms with van der Waals surface area (Å²) in [5, 5.41) is 8.90. The third-order valence-corrected chi connectivity index (χ3v) is 4.62. The Morgan fingerprint density at radius 1 is 1.25 bits per heavy atom. The van der Waals surface area contributed by atoms with Crippen molar-refractivity contribution in [1.82, 2.24) is 4.90 Å². The van der Waals surface area contributed by atoms with E-state index in [1.165, 1.54) is 43.2 Å². The quantitative estimate of drug-likeness (QED) is 0.866. The number of fused-ring (bicyclic) bond motifs is 1. The molecule has 3 heteroatoms. The molecule has 1 unspecified atom stereocenters. The molecule has 0 heterocycles. The number of carbonyl (C=O) groups is 1. The van der Waals surface area contributed by atoms with Gasteiger partial charge in [0.2, 0.25) is 0 Å². The smallest absolute Gasteiger partial charge is 0.304 e. The standard InChI is InChI=1S/C17H23NO2/c19-17(20)10-11-18(15-8-9-15)12-14-6-3-5-13-4-1-2-7-16(13)14/h1-2,4,7,14-15H,3,5-6,8-12H2,(H,19,20). The van der Waals surface area contributed by atoms with Crippen LogP contribution in [0.5, 0.6) is 0 Å². The van der Waals surface area contributed by atoms with Crippen molar-refractivity contribution >= 4 is 5.97 Å². The van der Waals surface area contributed by atoms with Crippen molar-refractivity contribution in [2.24, 2.45) is 0 Å². The van der Waals surface area contributed by atoms with Crippen LogP contribution in [0.4, 0.5) is 0 Å². The lowest BCUT2D eigenvalue weighted by Crippen LogP contribution is -2.33. The molecule has 3 nitrogen and oxygen atoms in total. The van der Waals surface area contributed by atoms with Gasteiger partial charge < -0.3 is 5.11 Å². The number of carboxylic acids is 1. The molecular formula is C17H23NO2. The molecule has 0 amide bonds. The fraction of sp³-hybridized carbons (Fsp3) is 0.588. The molecule has 1 saturated carbocycles. The van der Waals surface area contributed by atoms with Gasteiger partial charge in [0, 0.05) is 19.1 Å². The minimum atomic E-state index is -0.681. The Kier molecular flexibility index (Phi) is 4.06. The van der Waals surface area contributed by atoms with Gasteiger partial charge in [-0.15, -0.1) is 0 Å². The van der Waals surface area contributed by atoms with Crippen molar-refractivity contribution in [3.63, 3.8) is 0 Å². The van der Waals surface area contributed by atoms with Crippen LogP contribution in [0.25, 0.3) is 0 Å². The summed E-state index contributed by atoms with van der Waals surface area (Å²) in [4.78, 5) is 13.2. The van der Waals surface area contributed by atoms with Crippen LogP contribution >= 0.6 is 0 Å². The zero-order valence-electron chi connectivity index (χ0n) is 11.9. The molecule has 1 aromatic rings. The van der Waals surface area contributed by atoms with E-state index in [9.17, 15) is 4.79 Å². The summed E-state index contributed by atoms with van der Waals surface area (Å²) in [6.07, 6.45) is 6.46. The lowest BCUT2D eigenvalue weighted by Gasteiger charge is -2.31. The van der Waals surface area contributed by atoms with Crippen molar-refractivity contribution in [2.75, 3.05) is 13.1 Å². The highest BCUT2D eigenvalue weighted by atomic mass is 16.4. The first-order valence-corrected chi connectivity index (χ1v) is 7.77. The molecule has 20 heavy (non-hydrogen) atoms. The molecule has 1 fully saturated rings. The van der Waals surface area contributed by atoms with Gasteiger partial charge in [-0.3, -0.25) is 9.69 Å². The van der Waals surface area contributed by atoms with E-state index in [2.05, 4.69) is 29.2 Å². The number of nitrogens with zero attached hydrogens (tertiary/aromatic N) is 1. The molecular weight excluding hydrogens is 250 g/mol. The van der Waals surface area contributed by atoms with Gasteiger partial charge in [0.25, 0.3) is 0 Å². The minimum Gasteiger partial charge on any atom is -0.481 e. The Balaban J connectivity index is 1.68. The van der Waals surface area contributed by atoms with E-state index in [4.69, 9.17) is 5.11 Å². The SMILES string of the molecule is O=C(O)CCN(CC1CCCc2ccccc21)C1CC1. The van der Waals surface area contributed by atoms with Gasteiger partial charge >= 0.3 is 5.97 Å². The molecule has 0 saturated heterocycles. The van der Waals surface area contributed by atoms with E-state index < -0.39 is 5.97 Å². The molecule has 1 N–H and O–H groups in total. The molecule has 0 aromatic heterocycles. The van der Waals surface area contributed by atoms with Gasteiger partial charge in [-0.2, -0.15) is 0 Å². The summed E-state index contributed by atoms with van der Waals surface area (Å²) < 4.78 is 0. The Bertz CT molecular complexity index is 482. The summed E-state index contributed by atoms with van der Waals surface area (Å²) in [7, 11) is 0. The number of benzene rings is 1. The van der Waals surface area contributed by atoms with Crippen molar-refractivity contribution in [3.05, 3.63) is 35.4 Å². The first kappa shape index (κ1) is 13.6. The van der Waals surface area contributed by atoms with Crippen LogP contribution in [0.3, 0.4) is 0 Å². The fourth-order valence-corrected chi connectivity index (χ4v) is 3.43. The maximum atomic E-state index is 10.8. The minimum absolute atomic E-state index is 0.269. The van der Waals surface area contributed by atoms with Crippen molar-refractivity contribution < 1.29 is 9.90 Å². The average Bonchev–Trinajstić information content (AvgIpc) is 3.28. The Morgan fingerprint density at radius 3 is 2.80 bits per heavy atom. The molecule has 0 spiro atoms. The first-order valence-electron chi connectivity index (χ1n) is 7.77. The van der Waals surface area contributed by atoms with E-state index in [0.29, 0.717) is 18.5 Å². The molecule has 2 aliphatic rings. The molecule has 0 bridgehead atoms. The van der Waals surface area contributed by atoms with E-state index in [0.717, 1.165) is 6.54 Å². The summed E-state index contributed by atoms with van der Waals surface area (Å²) >= 11 is 0. The van der Waals surface area contributed by atoms with Crippen molar-refractivity contribution in [3.8, 4) is 0 Å². The van der Waals surface area contributed by atoms with Crippen molar-refractivity contribution in [2.45, 2.75) is 50.5 Å². The predicted molar refractivity (Wildman–Crippen MR) is 79.0 cm³/mol. The monoisotopic (exact) mass is 273 g/mol. The van der Waals surface area contributed by atoms with Gasteiger partial charge in [-0.25, -0.2) is 0 Å². The zero-order chi connectivity index (χ0) is 13.9. The third kappa shape index (κ3) is 3.21. The maximum Gasteiger partial charge on any atom is 0.304 e. The molecule has 2 aliphatic carbocycles. The van der Waals surface area contributed by atoms with E-state index in [1.807, 2.05) is 0 Å². The van der Waals surface area contributed by atoms with Crippen LogP contribution in [0.2, 0.25) is 0 Å². The van der Waals surface area contributed by atoms with Gasteiger partial charge in [-0.05, 0) is 49.1 Å². The summed E-state index contributed by atoms with van der Waals surface area (Å²) in [6, 6.07) is 9.42. The largest absolute Gasteiger partial charge is 0.481 e. The number of aliphatic carboxylic acids is 1. The summed E-state index contributed by atoms with van der Waals surface area (Å²) in [5.41, 5.74) is 3.00. The van der Waals surface area contributed by atoms with Gasteiger partial charge in [0.15, 0.2) is 0 Å². The Hall–Kier alpha value is -1.35. The van der Waals surface area contributed by atoms with Crippen LogP contribution in [0.15, 0.2) is 24.3 Å². The van der Waals surface area contributed by atoms with Crippen LogP contribution in [-0.4, -0.2) is 35.1 Å². The lowest BCUT2D eigenvalue weighted by atomic mass is 9.82. The Labute approximate surface area is 120 Å². The molecule has 0 aliphatic heterocycles. The highest BCUT2D eigenvalue weighted by molar-refractivity contribution is 5.66. The van der Waals surface area contributed by atoms with Crippen molar-refractivity contribution in [1.29, 1.82) is 0 Å². The average molecular weight is 273 g/mol. The number of hydrogen-bond donors (Lipinski definition) is 1.